The minimum absolute atomic E-state index is 0. The highest BCUT2D eigenvalue weighted by atomic mass is 35.5. The Morgan fingerprint density at radius 2 is 1.87 bits per heavy atom. The number of aryl methyl sites for hydroxylation is 2. The van der Waals surface area contributed by atoms with Crippen molar-refractivity contribution in [3.05, 3.63) is 29.3 Å². The van der Waals surface area contributed by atoms with Crippen molar-refractivity contribution in [3.8, 4) is 0 Å². The molecule has 4 heteroatoms. The van der Waals surface area contributed by atoms with Crippen LogP contribution in [0.1, 0.15) is 24.5 Å². The van der Waals surface area contributed by atoms with E-state index in [9.17, 15) is 0 Å². The molecule has 0 radical (unpaired) electrons. The molecule has 88 valence electrons. The average molecular weight is 252 g/mol. The molecule has 15 heavy (non-hydrogen) atoms. The Bertz CT molecular complexity index is 279. The number of halogens is 2. The monoisotopic (exact) mass is 251 g/mol. The van der Waals surface area contributed by atoms with Gasteiger partial charge in [-0.3, -0.25) is 10.3 Å². The number of hydrogen-bond acceptors (Lipinski definition) is 2. The Balaban J connectivity index is 0. The van der Waals surface area contributed by atoms with Gasteiger partial charge in [-0.1, -0.05) is 24.6 Å². The lowest BCUT2D eigenvalue weighted by atomic mass is 10.1. The summed E-state index contributed by atoms with van der Waals surface area (Å²) in [5, 5.41) is 0. The van der Waals surface area contributed by atoms with Crippen LogP contribution in [0.2, 0.25) is 0 Å². The first-order valence-electron chi connectivity index (χ1n) is 4.69. The average Bonchev–Trinajstić information content (AvgIpc) is 2.09. The Kier molecular flexibility index (Phi) is 10.00. The summed E-state index contributed by atoms with van der Waals surface area (Å²) in [6.07, 6.45) is 1.03. The highest BCUT2D eigenvalue weighted by Crippen LogP contribution is 2.15. The largest absolute Gasteiger partial charge is 0.276 e. The van der Waals surface area contributed by atoms with Gasteiger partial charge in [-0.05, 0) is 31.9 Å². The first-order valence-corrected chi connectivity index (χ1v) is 4.69. The van der Waals surface area contributed by atoms with Crippen LogP contribution in [-0.4, -0.2) is 6.61 Å². The van der Waals surface area contributed by atoms with Gasteiger partial charge in [-0.15, -0.1) is 24.8 Å². The number of benzene rings is 1. The van der Waals surface area contributed by atoms with Gasteiger partial charge in [-0.25, -0.2) is 0 Å². The fourth-order valence-corrected chi connectivity index (χ4v) is 1.16. The van der Waals surface area contributed by atoms with Crippen molar-refractivity contribution < 1.29 is 4.84 Å². The normalized spacial score (nSPS) is 8.73. The molecule has 0 fully saturated rings. The molecule has 0 aliphatic heterocycles. The van der Waals surface area contributed by atoms with Crippen LogP contribution >= 0.6 is 24.8 Å². The smallest absolute Gasteiger partial charge is 0.0743 e. The molecule has 0 heterocycles. The fourth-order valence-electron chi connectivity index (χ4n) is 1.16. The molecule has 1 aromatic rings. The maximum atomic E-state index is 5.24. The number of rotatable bonds is 4. The molecular weight excluding hydrogens is 233 g/mol. The van der Waals surface area contributed by atoms with Crippen molar-refractivity contribution in [1.29, 1.82) is 0 Å². The molecule has 0 aliphatic carbocycles. The van der Waals surface area contributed by atoms with Crippen molar-refractivity contribution in [2.24, 2.45) is 0 Å². The van der Waals surface area contributed by atoms with Crippen molar-refractivity contribution >= 4 is 30.5 Å². The van der Waals surface area contributed by atoms with E-state index in [0.717, 1.165) is 18.7 Å². The molecule has 0 saturated carbocycles. The van der Waals surface area contributed by atoms with Crippen LogP contribution in [-0.2, 0) is 4.84 Å². The van der Waals surface area contributed by atoms with Crippen LogP contribution in [0.4, 0.5) is 5.69 Å². The van der Waals surface area contributed by atoms with Gasteiger partial charge in [0.15, 0.2) is 0 Å². The summed E-state index contributed by atoms with van der Waals surface area (Å²) in [6, 6.07) is 6.25. The quantitative estimate of drug-likeness (QED) is 0.648. The second kappa shape index (κ2) is 8.84. The molecule has 2 nitrogen and oxygen atoms in total. The highest BCUT2D eigenvalue weighted by Gasteiger charge is 1.96. The molecule has 0 amide bonds. The number of hydrogen-bond donors (Lipinski definition) is 1. The van der Waals surface area contributed by atoms with Gasteiger partial charge < -0.3 is 0 Å². The van der Waals surface area contributed by atoms with E-state index in [2.05, 4.69) is 38.4 Å². The summed E-state index contributed by atoms with van der Waals surface area (Å²) in [4.78, 5) is 5.24. The van der Waals surface area contributed by atoms with Gasteiger partial charge in [-0.2, -0.15) is 0 Å². The summed E-state index contributed by atoms with van der Waals surface area (Å²) >= 11 is 0. The van der Waals surface area contributed by atoms with Crippen molar-refractivity contribution in [3.63, 3.8) is 0 Å². The minimum atomic E-state index is 0. The lowest BCUT2D eigenvalue weighted by molar-refractivity contribution is 0.194. The molecular formula is C11H19Cl2NO. The van der Waals surface area contributed by atoms with Gasteiger partial charge in [0.1, 0.15) is 0 Å². The molecule has 0 atom stereocenters. The fraction of sp³-hybridized carbons (Fsp3) is 0.455. The van der Waals surface area contributed by atoms with E-state index >= 15 is 0 Å². The predicted molar refractivity (Wildman–Crippen MR) is 70.3 cm³/mol. The first kappa shape index (κ1) is 17.0. The van der Waals surface area contributed by atoms with E-state index in [1.807, 2.05) is 6.07 Å². The molecule has 0 spiro atoms. The van der Waals surface area contributed by atoms with Crippen molar-refractivity contribution in [2.75, 3.05) is 12.1 Å². The van der Waals surface area contributed by atoms with E-state index in [1.165, 1.54) is 11.1 Å². The second-order valence-electron chi connectivity index (χ2n) is 3.27. The maximum Gasteiger partial charge on any atom is 0.0743 e. The van der Waals surface area contributed by atoms with Crippen molar-refractivity contribution in [2.45, 2.75) is 27.2 Å². The van der Waals surface area contributed by atoms with Crippen LogP contribution in [0.15, 0.2) is 18.2 Å². The standard InChI is InChI=1S/C11H17NO.2ClH/c1-4-7-13-12-11-6-5-9(2)8-10(11)3;;/h5-6,8,12H,4,7H2,1-3H3;2*1H. The summed E-state index contributed by atoms with van der Waals surface area (Å²) < 4.78 is 0. The van der Waals surface area contributed by atoms with E-state index in [-0.39, 0.29) is 24.8 Å². The summed E-state index contributed by atoms with van der Waals surface area (Å²) in [7, 11) is 0. The van der Waals surface area contributed by atoms with E-state index in [4.69, 9.17) is 4.84 Å². The summed E-state index contributed by atoms with van der Waals surface area (Å²) in [6.45, 7) is 6.99. The summed E-state index contributed by atoms with van der Waals surface area (Å²) in [5.74, 6) is 0. The third-order valence-electron chi connectivity index (χ3n) is 1.87. The molecule has 0 bridgehead atoms. The van der Waals surface area contributed by atoms with E-state index in [0.29, 0.717) is 0 Å². The zero-order chi connectivity index (χ0) is 9.68. The van der Waals surface area contributed by atoms with E-state index in [1.54, 1.807) is 0 Å². The third-order valence-corrected chi connectivity index (χ3v) is 1.87. The lowest BCUT2D eigenvalue weighted by Gasteiger charge is -2.09. The molecule has 1 aromatic carbocycles. The molecule has 1 N–H and O–H groups in total. The van der Waals surface area contributed by atoms with E-state index < -0.39 is 0 Å². The van der Waals surface area contributed by atoms with Crippen LogP contribution in [0, 0.1) is 13.8 Å². The van der Waals surface area contributed by atoms with Gasteiger partial charge in [0, 0.05) is 0 Å². The predicted octanol–water partition coefficient (Wildman–Crippen LogP) is 3.90. The SMILES string of the molecule is CCCONc1ccc(C)cc1C.Cl.Cl. The van der Waals surface area contributed by atoms with Crippen molar-refractivity contribution in [1.82, 2.24) is 0 Å². The minimum Gasteiger partial charge on any atom is -0.276 e. The van der Waals surface area contributed by atoms with Crippen LogP contribution in [0.5, 0.6) is 0 Å². The Labute approximate surface area is 104 Å². The lowest BCUT2D eigenvalue weighted by Crippen LogP contribution is -2.03. The molecule has 0 aliphatic rings. The van der Waals surface area contributed by atoms with Crippen LogP contribution < -0.4 is 5.48 Å². The van der Waals surface area contributed by atoms with Gasteiger partial charge in [0.2, 0.25) is 0 Å². The highest BCUT2D eigenvalue weighted by molar-refractivity contribution is 5.85. The van der Waals surface area contributed by atoms with Gasteiger partial charge in [0.25, 0.3) is 0 Å². The molecule has 0 aromatic heterocycles. The van der Waals surface area contributed by atoms with Crippen LogP contribution in [0.3, 0.4) is 0 Å². The second-order valence-corrected chi connectivity index (χ2v) is 3.27. The summed E-state index contributed by atoms with van der Waals surface area (Å²) in [5.41, 5.74) is 6.49. The number of nitrogens with one attached hydrogen (secondary N) is 1. The van der Waals surface area contributed by atoms with Crippen LogP contribution in [0.25, 0.3) is 0 Å². The van der Waals surface area contributed by atoms with Gasteiger partial charge in [0.05, 0.1) is 12.3 Å². The van der Waals surface area contributed by atoms with Gasteiger partial charge >= 0.3 is 0 Å². The molecule has 0 saturated heterocycles. The maximum absolute atomic E-state index is 5.24. The third kappa shape index (κ3) is 5.88. The zero-order valence-electron chi connectivity index (χ0n) is 9.37. The topological polar surface area (TPSA) is 21.3 Å². The Morgan fingerprint density at radius 1 is 1.20 bits per heavy atom. The molecule has 1 rings (SSSR count). The Hall–Kier alpha value is -0.440. The number of anilines is 1. The first-order chi connectivity index (χ1) is 6.24. The molecule has 0 unspecified atom stereocenters. The zero-order valence-corrected chi connectivity index (χ0v) is 11.0. The Morgan fingerprint density at radius 3 is 2.40 bits per heavy atom.